The van der Waals surface area contributed by atoms with Crippen molar-refractivity contribution in [3.05, 3.63) is 176 Å². The van der Waals surface area contributed by atoms with Crippen LogP contribution in [0.3, 0.4) is 0 Å². The summed E-state index contributed by atoms with van der Waals surface area (Å²) >= 11 is 0. The summed E-state index contributed by atoms with van der Waals surface area (Å²) in [6.45, 7) is 0. The normalized spacial score (nSPS) is 11.2. The third kappa shape index (κ3) is 5.16. The van der Waals surface area contributed by atoms with Crippen LogP contribution in [0, 0.1) is 5.82 Å². The third-order valence-electron chi connectivity index (χ3n) is 8.30. The second-order valence-electron chi connectivity index (χ2n) is 11.2. The highest BCUT2D eigenvalue weighted by Gasteiger charge is 2.17. The van der Waals surface area contributed by atoms with E-state index in [1.165, 1.54) is 12.1 Å². The number of nitrogens with zero attached hydrogens (tertiary/aromatic N) is 3. The molecule has 0 N–H and O–H groups in total. The SMILES string of the molecule is Fc1ccc(-c2ccc(N(c3ccccc3)c3ccc4c(ccc5nc(-c6ccccc6)c(-c6ccccc6)nc54)c3)cc2)cc1. The van der Waals surface area contributed by atoms with Gasteiger partial charge in [0.05, 0.1) is 22.4 Å². The largest absolute Gasteiger partial charge is 0.310 e. The summed E-state index contributed by atoms with van der Waals surface area (Å²) in [6.07, 6.45) is 0. The van der Waals surface area contributed by atoms with E-state index < -0.39 is 0 Å². The van der Waals surface area contributed by atoms with Crippen LogP contribution in [0.25, 0.3) is 55.4 Å². The molecule has 7 aromatic carbocycles. The highest BCUT2D eigenvalue weighted by Crippen LogP contribution is 2.39. The molecule has 8 rings (SSSR count). The molecule has 0 saturated heterocycles. The number of hydrogen-bond acceptors (Lipinski definition) is 3. The van der Waals surface area contributed by atoms with E-state index in [4.69, 9.17) is 9.97 Å². The lowest BCUT2D eigenvalue weighted by atomic mass is 10.0. The van der Waals surface area contributed by atoms with Gasteiger partial charge in [0.1, 0.15) is 5.82 Å². The van der Waals surface area contributed by atoms with Crippen molar-refractivity contribution in [2.75, 3.05) is 4.90 Å². The lowest BCUT2D eigenvalue weighted by Crippen LogP contribution is -2.09. The predicted octanol–water partition coefficient (Wildman–Crippen LogP) is 11.4. The summed E-state index contributed by atoms with van der Waals surface area (Å²) in [7, 11) is 0. The summed E-state index contributed by atoms with van der Waals surface area (Å²) in [5.74, 6) is -0.237. The number of para-hydroxylation sites is 1. The van der Waals surface area contributed by atoms with Crippen LogP contribution in [0.1, 0.15) is 0 Å². The number of aromatic nitrogens is 2. The Kier molecular flexibility index (Phi) is 7.01. The molecule has 0 aliphatic heterocycles. The summed E-state index contributed by atoms with van der Waals surface area (Å²) in [6, 6.07) is 56.6. The molecule has 0 bridgehead atoms. The quantitative estimate of drug-likeness (QED) is 0.180. The molecular weight excluding hydrogens is 565 g/mol. The fourth-order valence-corrected chi connectivity index (χ4v) is 6.04. The highest BCUT2D eigenvalue weighted by atomic mass is 19.1. The summed E-state index contributed by atoms with van der Waals surface area (Å²) in [4.78, 5) is 12.7. The van der Waals surface area contributed by atoms with E-state index in [9.17, 15) is 4.39 Å². The van der Waals surface area contributed by atoms with Crippen molar-refractivity contribution in [3.8, 4) is 33.6 Å². The molecule has 0 atom stereocenters. The molecule has 46 heavy (non-hydrogen) atoms. The van der Waals surface area contributed by atoms with Crippen LogP contribution in [0.5, 0.6) is 0 Å². The van der Waals surface area contributed by atoms with Crippen molar-refractivity contribution in [1.82, 2.24) is 9.97 Å². The lowest BCUT2D eigenvalue weighted by molar-refractivity contribution is 0.628. The van der Waals surface area contributed by atoms with Crippen LogP contribution < -0.4 is 4.90 Å². The van der Waals surface area contributed by atoms with Crippen molar-refractivity contribution in [2.24, 2.45) is 0 Å². The van der Waals surface area contributed by atoms with Gasteiger partial charge in [0, 0.05) is 33.6 Å². The van der Waals surface area contributed by atoms with Crippen LogP contribution in [0.4, 0.5) is 21.5 Å². The average molecular weight is 594 g/mol. The molecule has 0 spiro atoms. The topological polar surface area (TPSA) is 29.0 Å². The Bertz CT molecular complexity index is 2290. The third-order valence-corrected chi connectivity index (χ3v) is 8.30. The fourth-order valence-electron chi connectivity index (χ4n) is 6.04. The fraction of sp³-hybridized carbons (Fsp3) is 0. The molecule has 0 aliphatic carbocycles. The second-order valence-corrected chi connectivity index (χ2v) is 11.2. The number of halogens is 1. The molecular formula is C42H28FN3. The Morgan fingerprint density at radius 3 is 1.57 bits per heavy atom. The zero-order valence-corrected chi connectivity index (χ0v) is 24.9. The first-order valence-electron chi connectivity index (χ1n) is 15.3. The number of fused-ring (bicyclic) bond motifs is 3. The predicted molar refractivity (Wildman–Crippen MR) is 188 cm³/mol. The molecule has 0 amide bonds. The lowest BCUT2D eigenvalue weighted by Gasteiger charge is -2.26. The Hall–Kier alpha value is -6.13. The van der Waals surface area contributed by atoms with Gasteiger partial charge >= 0.3 is 0 Å². The molecule has 8 aromatic rings. The maximum atomic E-state index is 13.5. The Balaban J connectivity index is 1.26. The summed E-state index contributed by atoms with van der Waals surface area (Å²) in [5.41, 5.74) is 10.6. The molecule has 218 valence electrons. The zero-order chi connectivity index (χ0) is 30.9. The molecule has 0 radical (unpaired) electrons. The van der Waals surface area contributed by atoms with Crippen LogP contribution in [0.15, 0.2) is 170 Å². The maximum absolute atomic E-state index is 13.5. The van der Waals surface area contributed by atoms with Gasteiger partial charge in [-0.2, -0.15) is 0 Å². The number of benzene rings is 7. The Labute approximate surface area is 266 Å². The highest BCUT2D eigenvalue weighted by molar-refractivity contribution is 6.06. The minimum Gasteiger partial charge on any atom is -0.310 e. The van der Waals surface area contributed by atoms with Crippen molar-refractivity contribution < 1.29 is 4.39 Å². The van der Waals surface area contributed by atoms with Crippen molar-refractivity contribution in [2.45, 2.75) is 0 Å². The Morgan fingerprint density at radius 2 is 0.935 bits per heavy atom. The van der Waals surface area contributed by atoms with Crippen molar-refractivity contribution in [1.29, 1.82) is 0 Å². The van der Waals surface area contributed by atoms with Gasteiger partial charge in [-0.3, -0.25) is 0 Å². The van der Waals surface area contributed by atoms with Crippen molar-refractivity contribution in [3.63, 3.8) is 0 Å². The zero-order valence-electron chi connectivity index (χ0n) is 24.9. The van der Waals surface area contributed by atoms with Gasteiger partial charge in [0.2, 0.25) is 0 Å². The van der Waals surface area contributed by atoms with Crippen LogP contribution >= 0.6 is 0 Å². The van der Waals surface area contributed by atoms with E-state index in [-0.39, 0.29) is 5.82 Å². The van der Waals surface area contributed by atoms with Gasteiger partial charge in [-0.15, -0.1) is 0 Å². The van der Waals surface area contributed by atoms with Gasteiger partial charge in [0.25, 0.3) is 0 Å². The van der Waals surface area contributed by atoms with Gasteiger partial charge in [-0.05, 0) is 71.1 Å². The van der Waals surface area contributed by atoms with Crippen LogP contribution in [-0.4, -0.2) is 9.97 Å². The van der Waals surface area contributed by atoms with E-state index in [1.807, 2.05) is 54.6 Å². The number of hydrogen-bond donors (Lipinski definition) is 0. The smallest absolute Gasteiger partial charge is 0.123 e. The molecule has 3 nitrogen and oxygen atoms in total. The second kappa shape index (κ2) is 11.8. The van der Waals surface area contributed by atoms with Crippen molar-refractivity contribution >= 4 is 38.9 Å². The first-order valence-corrected chi connectivity index (χ1v) is 15.3. The first-order chi connectivity index (χ1) is 22.7. The van der Waals surface area contributed by atoms with Crippen LogP contribution in [0.2, 0.25) is 0 Å². The summed E-state index contributed by atoms with van der Waals surface area (Å²) < 4.78 is 13.5. The number of rotatable bonds is 6. The molecule has 0 aliphatic rings. The Morgan fingerprint density at radius 1 is 0.413 bits per heavy atom. The van der Waals surface area contributed by atoms with Crippen LogP contribution in [-0.2, 0) is 0 Å². The van der Waals surface area contributed by atoms with E-state index in [1.54, 1.807) is 0 Å². The minimum absolute atomic E-state index is 0.237. The van der Waals surface area contributed by atoms with Gasteiger partial charge in [0.15, 0.2) is 0 Å². The number of anilines is 3. The molecule has 1 aromatic heterocycles. The van der Waals surface area contributed by atoms with E-state index in [2.05, 4.69) is 108 Å². The standard InChI is InChI=1S/C42H28FN3/c43-34-21-16-29(17-22-34)30-18-23-36(24-19-30)46(35-14-8-3-9-15-35)37-25-26-38-33(28-37)20-27-39-42(38)45-41(32-12-6-2-7-13-32)40(44-39)31-10-4-1-5-11-31/h1-28H. The average Bonchev–Trinajstić information content (AvgIpc) is 3.13. The van der Waals surface area contributed by atoms with Gasteiger partial charge in [-0.25, -0.2) is 14.4 Å². The molecule has 0 fully saturated rings. The molecule has 0 unspecified atom stereocenters. The molecule has 1 heterocycles. The minimum atomic E-state index is -0.237. The van der Waals surface area contributed by atoms with Gasteiger partial charge < -0.3 is 4.90 Å². The van der Waals surface area contributed by atoms with E-state index in [0.29, 0.717) is 0 Å². The van der Waals surface area contributed by atoms with Gasteiger partial charge in [-0.1, -0.05) is 115 Å². The maximum Gasteiger partial charge on any atom is 0.123 e. The molecule has 0 saturated carbocycles. The molecule has 4 heteroatoms. The summed E-state index contributed by atoms with van der Waals surface area (Å²) in [5, 5.41) is 2.12. The van der Waals surface area contributed by atoms with E-state index in [0.717, 1.165) is 72.5 Å². The van der Waals surface area contributed by atoms with E-state index >= 15 is 0 Å². The first kappa shape index (κ1) is 27.4. The monoisotopic (exact) mass is 593 g/mol.